The minimum absolute atomic E-state index is 0.396. The summed E-state index contributed by atoms with van der Waals surface area (Å²) in [5.41, 5.74) is 0. The molecule has 1 saturated heterocycles. The van der Waals surface area contributed by atoms with E-state index in [2.05, 4.69) is 18.5 Å². The van der Waals surface area contributed by atoms with Crippen molar-refractivity contribution in [3.05, 3.63) is 12.8 Å². The van der Waals surface area contributed by atoms with Gasteiger partial charge in [0, 0.05) is 13.1 Å². The third-order valence-corrected chi connectivity index (χ3v) is 1.64. The minimum atomic E-state index is 0.396. The average Bonchev–Trinajstić information content (AvgIpc) is 2.17. The highest BCUT2D eigenvalue weighted by molar-refractivity contribution is 4.74. The van der Waals surface area contributed by atoms with Gasteiger partial charge in [-0.05, 0) is 13.5 Å². The first-order valence-electron chi connectivity index (χ1n) is 3.28. The Kier molecular flexibility index (Phi) is 2.11. The molecule has 9 heavy (non-hydrogen) atoms. The molecule has 52 valence electrons. The summed E-state index contributed by atoms with van der Waals surface area (Å²) in [5, 5.41) is 0. The fourth-order valence-corrected chi connectivity index (χ4v) is 1.14. The smallest absolute Gasteiger partial charge is 0.112 e. The van der Waals surface area contributed by atoms with Gasteiger partial charge in [0.05, 0.1) is 6.26 Å². The van der Waals surface area contributed by atoms with Gasteiger partial charge in [-0.1, -0.05) is 6.58 Å². The second-order valence-corrected chi connectivity index (χ2v) is 2.48. The third-order valence-electron chi connectivity index (χ3n) is 1.64. The highest BCUT2D eigenvalue weighted by Crippen LogP contribution is 2.09. The molecule has 1 rings (SSSR count). The second-order valence-electron chi connectivity index (χ2n) is 2.48. The molecule has 0 aliphatic carbocycles. The van der Waals surface area contributed by atoms with Crippen LogP contribution in [0.15, 0.2) is 12.8 Å². The summed E-state index contributed by atoms with van der Waals surface area (Å²) in [7, 11) is 2.10. The van der Waals surface area contributed by atoms with Crippen LogP contribution < -0.4 is 0 Å². The molecule has 2 nitrogen and oxygen atoms in total. The molecule has 2 heteroatoms. The maximum Gasteiger partial charge on any atom is 0.112 e. The number of likely N-dealkylation sites (N-methyl/N-ethyl adjacent to an activating group) is 1. The van der Waals surface area contributed by atoms with Gasteiger partial charge >= 0.3 is 0 Å². The van der Waals surface area contributed by atoms with Gasteiger partial charge in [-0.3, -0.25) is 0 Å². The Balaban J connectivity index is 2.21. The highest BCUT2D eigenvalue weighted by Gasteiger charge is 2.18. The summed E-state index contributed by atoms with van der Waals surface area (Å²) >= 11 is 0. The molecule has 1 fully saturated rings. The standard InChI is InChI=1S/C7H13NO/c1-3-9-7-4-5-8(2)6-7/h3,7H,1,4-6H2,2H3/t7-/m0/s1. The number of hydrogen-bond donors (Lipinski definition) is 0. The van der Waals surface area contributed by atoms with Crippen LogP contribution in [0.25, 0.3) is 0 Å². The van der Waals surface area contributed by atoms with E-state index < -0.39 is 0 Å². The quantitative estimate of drug-likeness (QED) is 0.510. The Bertz CT molecular complexity index is 103. The summed E-state index contributed by atoms with van der Waals surface area (Å²) in [6.45, 7) is 5.71. The molecule has 0 saturated carbocycles. The van der Waals surface area contributed by atoms with Gasteiger partial charge in [0.25, 0.3) is 0 Å². The predicted octanol–water partition coefficient (Wildman–Crippen LogP) is 0.851. The molecule has 0 radical (unpaired) electrons. The zero-order chi connectivity index (χ0) is 6.69. The maximum absolute atomic E-state index is 5.20. The normalized spacial score (nSPS) is 28.3. The van der Waals surface area contributed by atoms with Crippen molar-refractivity contribution in [1.29, 1.82) is 0 Å². The monoisotopic (exact) mass is 127 g/mol. The fraction of sp³-hybridized carbons (Fsp3) is 0.714. The van der Waals surface area contributed by atoms with Crippen LogP contribution in [-0.2, 0) is 4.74 Å². The number of nitrogens with zero attached hydrogens (tertiary/aromatic N) is 1. The Hall–Kier alpha value is -0.500. The van der Waals surface area contributed by atoms with E-state index in [4.69, 9.17) is 4.74 Å². The van der Waals surface area contributed by atoms with E-state index in [0.29, 0.717) is 6.10 Å². The molecule has 1 aliphatic rings. The van der Waals surface area contributed by atoms with Crippen LogP contribution in [0.1, 0.15) is 6.42 Å². The van der Waals surface area contributed by atoms with Gasteiger partial charge in [0.1, 0.15) is 6.10 Å². The summed E-state index contributed by atoms with van der Waals surface area (Å²) in [4.78, 5) is 2.26. The lowest BCUT2D eigenvalue weighted by Gasteiger charge is -2.08. The van der Waals surface area contributed by atoms with Crippen LogP contribution >= 0.6 is 0 Å². The van der Waals surface area contributed by atoms with Gasteiger partial charge in [0.2, 0.25) is 0 Å². The number of rotatable bonds is 2. The first-order valence-corrected chi connectivity index (χ1v) is 3.28. The van der Waals surface area contributed by atoms with Crippen molar-refractivity contribution in [3.63, 3.8) is 0 Å². The van der Waals surface area contributed by atoms with Gasteiger partial charge in [0.15, 0.2) is 0 Å². The molecule has 1 heterocycles. The molecule has 0 aromatic heterocycles. The van der Waals surface area contributed by atoms with E-state index in [1.54, 1.807) is 0 Å². The molecule has 0 amide bonds. The lowest BCUT2D eigenvalue weighted by molar-refractivity contribution is 0.153. The topological polar surface area (TPSA) is 12.5 Å². The van der Waals surface area contributed by atoms with Gasteiger partial charge < -0.3 is 9.64 Å². The zero-order valence-electron chi connectivity index (χ0n) is 5.84. The lowest BCUT2D eigenvalue weighted by atomic mass is 10.3. The van der Waals surface area contributed by atoms with Crippen LogP contribution in [0.4, 0.5) is 0 Å². The maximum atomic E-state index is 5.20. The van der Waals surface area contributed by atoms with Crippen molar-refractivity contribution < 1.29 is 4.74 Å². The lowest BCUT2D eigenvalue weighted by Crippen LogP contribution is -2.17. The minimum Gasteiger partial charge on any atom is -0.497 e. The molecule has 0 unspecified atom stereocenters. The molecular weight excluding hydrogens is 114 g/mol. The Morgan fingerprint density at radius 2 is 2.56 bits per heavy atom. The number of hydrogen-bond acceptors (Lipinski definition) is 2. The van der Waals surface area contributed by atoms with Crippen molar-refractivity contribution in [3.8, 4) is 0 Å². The zero-order valence-corrected chi connectivity index (χ0v) is 5.84. The van der Waals surface area contributed by atoms with Crippen molar-refractivity contribution >= 4 is 0 Å². The number of ether oxygens (including phenoxy) is 1. The second kappa shape index (κ2) is 2.87. The van der Waals surface area contributed by atoms with Crippen molar-refractivity contribution in [2.45, 2.75) is 12.5 Å². The molecule has 1 atom stereocenters. The Labute approximate surface area is 56.1 Å². The molecule has 0 N–H and O–H groups in total. The molecule has 0 aromatic rings. The van der Waals surface area contributed by atoms with Crippen molar-refractivity contribution in [2.24, 2.45) is 0 Å². The van der Waals surface area contributed by atoms with Gasteiger partial charge in [-0.15, -0.1) is 0 Å². The summed E-state index contributed by atoms with van der Waals surface area (Å²) in [6, 6.07) is 0. The largest absolute Gasteiger partial charge is 0.497 e. The molecule has 1 aliphatic heterocycles. The van der Waals surface area contributed by atoms with E-state index in [9.17, 15) is 0 Å². The number of likely N-dealkylation sites (tertiary alicyclic amines) is 1. The summed E-state index contributed by atoms with van der Waals surface area (Å²) in [5.74, 6) is 0. The molecular formula is C7H13NO. The van der Waals surface area contributed by atoms with E-state index in [1.807, 2.05) is 0 Å². The van der Waals surface area contributed by atoms with Crippen molar-refractivity contribution in [2.75, 3.05) is 20.1 Å². The predicted molar refractivity (Wildman–Crippen MR) is 37.2 cm³/mol. The summed E-state index contributed by atoms with van der Waals surface area (Å²) < 4.78 is 5.20. The van der Waals surface area contributed by atoms with Gasteiger partial charge in [-0.2, -0.15) is 0 Å². The van der Waals surface area contributed by atoms with Crippen LogP contribution in [-0.4, -0.2) is 31.1 Å². The first kappa shape index (κ1) is 6.62. The van der Waals surface area contributed by atoms with Crippen molar-refractivity contribution in [1.82, 2.24) is 4.90 Å². The van der Waals surface area contributed by atoms with Crippen LogP contribution in [0.2, 0.25) is 0 Å². The van der Waals surface area contributed by atoms with E-state index in [0.717, 1.165) is 19.5 Å². The Morgan fingerprint density at radius 3 is 3.00 bits per heavy atom. The van der Waals surface area contributed by atoms with Crippen LogP contribution in [0.5, 0.6) is 0 Å². The molecule has 0 spiro atoms. The van der Waals surface area contributed by atoms with Gasteiger partial charge in [-0.25, -0.2) is 0 Å². The first-order chi connectivity index (χ1) is 4.33. The average molecular weight is 127 g/mol. The van der Waals surface area contributed by atoms with E-state index >= 15 is 0 Å². The van der Waals surface area contributed by atoms with E-state index in [-0.39, 0.29) is 0 Å². The summed E-state index contributed by atoms with van der Waals surface area (Å²) in [6.07, 6.45) is 3.07. The van der Waals surface area contributed by atoms with Crippen LogP contribution in [0.3, 0.4) is 0 Å². The molecule has 0 bridgehead atoms. The third kappa shape index (κ3) is 1.72. The SMILES string of the molecule is C=CO[C@H]1CCN(C)C1. The Morgan fingerprint density at radius 1 is 1.78 bits per heavy atom. The van der Waals surface area contributed by atoms with Crippen LogP contribution in [0, 0.1) is 0 Å². The molecule has 0 aromatic carbocycles. The fourth-order valence-electron chi connectivity index (χ4n) is 1.14. The highest BCUT2D eigenvalue weighted by atomic mass is 16.5. The van der Waals surface area contributed by atoms with E-state index in [1.165, 1.54) is 6.26 Å².